The van der Waals surface area contributed by atoms with Crippen LogP contribution in [0.5, 0.6) is 0 Å². The second-order valence-corrected chi connectivity index (χ2v) is 6.23. The van der Waals surface area contributed by atoms with Crippen molar-refractivity contribution in [1.29, 1.82) is 0 Å². The molecule has 0 bridgehead atoms. The summed E-state index contributed by atoms with van der Waals surface area (Å²) in [5.74, 6) is -0.748. The molecule has 0 atom stereocenters. The Balaban J connectivity index is 1.84. The van der Waals surface area contributed by atoms with Crippen molar-refractivity contribution in [3.8, 4) is 0 Å². The van der Waals surface area contributed by atoms with Crippen molar-refractivity contribution in [3.63, 3.8) is 0 Å². The fourth-order valence-corrected chi connectivity index (χ4v) is 3.32. The number of nitro benzene ring substituents is 1. The number of benzene rings is 1. The van der Waals surface area contributed by atoms with Crippen molar-refractivity contribution in [2.75, 3.05) is 12.4 Å². The molecule has 134 valence electrons. The van der Waals surface area contributed by atoms with E-state index in [0.29, 0.717) is 16.3 Å². The molecule has 9 nitrogen and oxygen atoms in total. The first-order chi connectivity index (χ1) is 12.4. The van der Waals surface area contributed by atoms with E-state index in [4.69, 9.17) is 4.74 Å². The predicted octanol–water partition coefficient (Wildman–Crippen LogP) is 2.37. The van der Waals surface area contributed by atoms with Gasteiger partial charge in [-0.15, -0.1) is 11.3 Å². The highest BCUT2D eigenvalue weighted by Crippen LogP contribution is 2.23. The largest absolute Gasteiger partial charge is 0.456 e. The number of nitrogens with one attached hydrogen (secondary N) is 1. The second-order valence-electron chi connectivity index (χ2n) is 5.39. The summed E-state index contributed by atoms with van der Waals surface area (Å²) in [7, 11) is 1.59. The first kappa shape index (κ1) is 17.5. The molecular weight excluding hydrogens is 360 g/mol. The zero-order chi connectivity index (χ0) is 18.8. The van der Waals surface area contributed by atoms with Gasteiger partial charge in [0.05, 0.1) is 16.2 Å². The Morgan fingerprint density at radius 3 is 2.88 bits per heavy atom. The molecule has 0 amide bonds. The third kappa shape index (κ3) is 3.26. The summed E-state index contributed by atoms with van der Waals surface area (Å²) < 4.78 is 6.66. The van der Waals surface area contributed by atoms with Gasteiger partial charge in [-0.1, -0.05) is 0 Å². The monoisotopic (exact) mass is 374 g/mol. The van der Waals surface area contributed by atoms with Gasteiger partial charge in [-0.25, -0.2) is 9.78 Å². The molecule has 1 aromatic carbocycles. The summed E-state index contributed by atoms with van der Waals surface area (Å²) in [6.45, 7) is 1.58. The number of hydrogen-bond donors (Lipinski definition) is 1. The lowest BCUT2D eigenvalue weighted by atomic mass is 10.1. The lowest BCUT2D eigenvalue weighted by molar-refractivity contribution is -0.384. The van der Waals surface area contributed by atoms with Crippen molar-refractivity contribution in [2.45, 2.75) is 13.5 Å². The van der Waals surface area contributed by atoms with Crippen molar-refractivity contribution < 1.29 is 14.5 Å². The zero-order valence-electron chi connectivity index (χ0n) is 13.9. The van der Waals surface area contributed by atoms with E-state index >= 15 is 0 Å². The lowest BCUT2D eigenvalue weighted by Gasteiger charge is -2.09. The standard InChI is InChI=1S/C16H14N4O5S/c1-9-8-26-16-18-10(5-14(21)19(9)16)7-25-15(22)12-6-11(20(23)24)3-4-13(12)17-2/h3-6,8,17H,7H2,1-2H3. The van der Waals surface area contributed by atoms with Crippen LogP contribution in [-0.4, -0.2) is 27.3 Å². The van der Waals surface area contributed by atoms with Crippen LogP contribution >= 0.6 is 11.3 Å². The van der Waals surface area contributed by atoms with E-state index in [9.17, 15) is 19.7 Å². The van der Waals surface area contributed by atoms with Gasteiger partial charge in [-0.2, -0.15) is 0 Å². The van der Waals surface area contributed by atoms with Crippen LogP contribution in [0.25, 0.3) is 4.96 Å². The van der Waals surface area contributed by atoms with Gasteiger partial charge >= 0.3 is 5.97 Å². The number of esters is 1. The van der Waals surface area contributed by atoms with Crippen molar-refractivity contribution in [2.24, 2.45) is 0 Å². The first-order valence-corrected chi connectivity index (χ1v) is 8.38. The molecule has 10 heteroatoms. The Bertz CT molecular complexity index is 1070. The van der Waals surface area contributed by atoms with Gasteiger partial charge in [0, 0.05) is 42.0 Å². The third-order valence-electron chi connectivity index (χ3n) is 3.68. The molecule has 0 saturated heterocycles. The fraction of sp³-hybridized carbons (Fsp3) is 0.188. The number of non-ortho nitro benzene ring substituents is 1. The van der Waals surface area contributed by atoms with Gasteiger partial charge in [0.2, 0.25) is 0 Å². The van der Waals surface area contributed by atoms with E-state index in [0.717, 1.165) is 11.8 Å². The molecule has 1 N–H and O–H groups in total. The molecule has 26 heavy (non-hydrogen) atoms. The maximum atomic E-state index is 12.3. The van der Waals surface area contributed by atoms with Crippen LogP contribution in [0.2, 0.25) is 0 Å². The average Bonchev–Trinajstić information content (AvgIpc) is 3.00. The second kappa shape index (κ2) is 6.92. The Morgan fingerprint density at radius 2 is 2.19 bits per heavy atom. The van der Waals surface area contributed by atoms with E-state index in [2.05, 4.69) is 10.3 Å². The summed E-state index contributed by atoms with van der Waals surface area (Å²) in [5, 5.41) is 15.5. The Morgan fingerprint density at radius 1 is 1.42 bits per heavy atom. The molecule has 0 aliphatic rings. The Kier molecular flexibility index (Phi) is 4.67. The summed E-state index contributed by atoms with van der Waals surface area (Å²) in [6.07, 6.45) is 0. The number of nitrogens with zero attached hydrogens (tertiary/aromatic N) is 3. The van der Waals surface area contributed by atoms with Gasteiger partial charge in [0.15, 0.2) is 4.96 Å². The summed E-state index contributed by atoms with van der Waals surface area (Å²) in [5.41, 5.74) is 1.04. The first-order valence-electron chi connectivity index (χ1n) is 7.51. The zero-order valence-corrected chi connectivity index (χ0v) is 14.7. The summed E-state index contributed by atoms with van der Waals surface area (Å²) in [4.78, 5) is 39.6. The number of carbonyl (C=O) groups is 1. The quantitative estimate of drug-likeness (QED) is 0.414. The number of ether oxygens (including phenoxy) is 1. The summed E-state index contributed by atoms with van der Waals surface area (Å²) in [6, 6.07) is 5.16. The van der Waals surface area contributed by atoms with Gasteiger partial charge in [-0.3, -0.25) is 19.3 Å². The molecule has 0 spiro atoms. The molecule has 3 aromatic rings. The minimum absolute atomic E-state index is 0.0338. The average molecular weight is 374 g/mol. The fourth-order valence-electron chi connectivity index (χ4n) is 2.42. The number of aromatic nitrogens is 2. The molecule has 2 aromatic heterocycles. The van der Waals surface area contributed by atoms with E-state index in [1.165, 1.54) is 33.9 Å². The molecule has 0 aliphatic carbocycles. The molecular formula is C16H14N4O5S. The van der Waals surface area contributed by atoms with E-state index in [1.807, 2.05) is 5.38 Å². The number of fused-ring (bicyclic) bond motifs is 1. The number of thiazole rings is 1. The highest BCUT2D eigenvalue weighted by Gasteiger charge is 2.18. The smallest absolute Gasteiger partial charge is 0.340 e. The molecule has 0 radical (unpaired) electrons. The van der Waals surface area contributed by atoms with Crippen LogP contribution in [0, 0.1) is 17.0 Å². The van der Waals surface area contributed by atoms with Crippen LogP contribution in [-0.2, 0) is 11.3 Å². The van der Waals surface area contributed by atoms with Crippen LogP contribution < -0.4 is 10.9 Å². The third-order valence-corrected chi connectivity index (χ3v) is 4.63. The SMILES string of the molecule is CNc1ccc([N+](=O)[O-])cc1C(=O)OCc1cc(=O)n2c(C)csc2n1. The Labute approximate surface area is 151 Å². The van der Waals surface area contributed by atoms with Gasteiger partial charge in [0.1, 0.15) is 6.61 Å². The van der Waals surface area contributed by atoms with Crippen LogP contribution in [0.4, 0.5) is 11.4 Å². The number of carbonyl (C=O) groups excluding carboxylic acids is 1. The van der Waals surface area contributed by atoms with Gasteiger partial charge in [-0.05, 0) is 13.0 Å². The van der Waals surface area contributed by atoms with Crippen LogP contribution in [0.1, 0.15) is 21.7 Å². The molecule has 2 heterocycles. The number of hydrogen-bond acceptors (Lipinski definition) is 8. The highest BCUT2D eigenvalue weighted by molar-refractivity contribution is 7.15. The number of anilines is 1. The highest BCUT2D eigenvalue weighted by atomic mass is 32.1. The Hall–Kier alpha value is -3.27. The topological polar surface area (TPSA) is 116 Å². The maximum absolute atomic E-state index is 12.3. The molecule has 3 rings (SSSR count). The molecule has 0 saturated carbocycles. The normalized spacial score (nSPS) is 10.7. The van der Waals surface area contributed by atoms with Crippen molar-refractivity contribution in [1.82, 2.24) is 9.38 Å². The van der Waals surface area contributed by atoms with Crippen LogP contribution in [0.3, 0.4) is 0 Å². The van der Waals surface area contributed by atoms with Crippen molar-refractivity contribution in [3.05, 3.63) is 67.1 Å². The molecule has 0 aliphatic heterocycles. The lowest BCUT2D eigenvalue weighted by Crippen LogP contribution is -2.16. The molecule has 0 fully saturated rings. The van der Waals surface area contributed by atoms with Crippen molar-refractivity contribution >= 4 is 33.6 Å². The number of aryl methyl sites for hydroxylation is 1. The number of nitro groups is 1. The van der Waals surface area contributed by atoms with E-state index in [1.54, 1.807) is 14.0 Å². The van der Waals surface area contributed by atoms with Gasteiger partial charge < -0.3 is 10.1 Å². The van der Waals surface area contributed by atoms with E-state index in [-0.39, 0.29) is 23.4 Å². The van der Waals surface area contributed by atoms with Gasteiger partial charge in [0.25, 0.3) is 11.2 Å². The molecule has 0 unspecified atom stereocenters. The minimum Gasteiger partial charge on any atom is -0.456 e. The number of rotatable bonds is 5. The summed E-state index contributed by atoms with van der Waals surface area (Å²) >= 11 is 1.31. The predicted molar refractivity (Wildman–Crippen MR) is 95.8 cm³/mol. The van der Waals surface area contributed by atoms with Crippen LogP contribution in [0.15, 0.2) is 34.4 Å². The minimum atomic E-state index is -0.748. The maximum Gasteiger partial charge on any atom is 0.340 e. The van der Waals surface area contributed by atoms with E-state index < -0.39 is 10.9 Å².